The van der Waals surface area contributed by atoms with Gasteiger partial charge in [-0.2, -0.15) is 5.10 Å². The lowest BCUT2D eigenvalue weighted by atomic mass is 10.1. The molecule has 3 N–H and O–H groups in total. The number of aromatic amines is 1. The molecule has 2 aromatic carbocycles. The first kappa shape index (κ1) is 16.3. The average Bonchev–Trinajstić information content (AvgIpc) is 2.62. The maximum atomic E-state index is 13.5. The Morgan fingerprint density at radius 2 is 1.72 bits per heavy atom. The molecule has 1 heterocycles. The fourth-order valence-corrected chi connectivity index (χ4v) is 2.27. The third-order valence-electron chi connectivity index (χ3n) is 3.63. The Morgan fingerprint density at radius 1 is 1.04 bits per heavy atom. The Bertz CT molecular complexity index is 1050. The molecule has 126 valence electrons. The van der Waals surface area contributed by atoms with Crippen molar-refractivity contribution in [2.75, 3.05) is 0 Å². The van der Waals surface area contributed by atoms with Crippen LogP contribution in [0.15, 0.2) is 47.3 Å². The van der Waals surface area contributed by atoms with E-state index in [4.69, 9.17) is 0 Å². The third-order valence-corrected chi connectivity index (χ3v) is 3.63. The molecule has 0 aliphatic carbocycles. The van der Waals surface area contributed by atoms with E-state index in [1.807, 2.05) is 0 Å². The summed E-state index contributed by atoms with van der Waals surface area (Å²) < 4.78 is 13.5. The van der Waals surface area contributed by atoms with E-state index in [1.54, 1.807) is 31.2 Å². The standard InChI is InChI=1S/C17H13FN4O3/c1-9-6-7-10(8-13(9)18)15(23)20-22-17(25)14-11-4-2-3-5-12(11)16(24)21-19-14/h2-8H,1H3,(H,20,23)(H,21,24)(H,22,25). The predicted octanol–water partition coefficient (Wildman–Crippen LogP) is 1.45. The van der Waals surface area contributed by atoms with Gasteiger partial charge in [0.15, 0.2) is 5.69 Å². The minimum Gasteiger partial charge on any atom is -0.267 e. The first-order valence-electron chi connectivity index (χ1n) is 7.31. The number of hydrogen-bond donors (Lipinski definition) is 3. The second-order valence-electron chi connectivity index (χ2n) is 5.32. The molecular formula is C17H13FN4O3. The quantitative estimate of drug-likeness (QED) is 0.614. The molecule has 2 amide bonds. The van der Waals surface area contributed by atoms with Crippen LogP contribution in [0.25, 0.3) is 10.8 Å². The number of H-pyrrole nitrogens is 1. The number of hydrogen-bond acceptors (Lipinski definition) is 4. The van der Waals surface area contributed by atoms with Gasteiger partial charge in [-0.05, 0) is 30.7 Å². The van der Waals surface area contributed by atoms with Gasteiger partial charge in [0.2, 0.25) is 0 Å². The number of benzene rings is 2. The van der Waals surface area contributed by atoms with Gasteiger partial charge in [0.25, 0.3) is 17.4 Å². The van der Waals surface area contributed by atoms with Gasteiger partial charge in [0.1, 0.15) is 5.82 Å². The minimum absolute atomic E-state index is 0.0504. The van der Waals surface area contributed by atoms with Crippen molar-refractivity contribution in [3.63, 3.8) is 0 Å². The van der Waals surface area contributed by atoms with Crippen LogP contribution in [-0.2, 0) is 0 Å². The van der Waals surface area contributed by atoms with E-state index >= 15 is 0 Å². The number of rotatable bonds is 2. The van der Waals surface area contributed by atoms with Crippen molar-refractivity contribution in [3.8, 4) is 0 Å². The van der Waals surface area contributed by atoms with Crippen LogP contribution in [0.4, 0.5) is 4.39 Å². The summed E-state index contributed by atoms with van der Waals surface area (Å²) in [4.78, 5) is 35.9. The van der Waals surface area contributed by atoms with Crippen LogP contribution in [0, 0.1) is 12.7 Å². The van der Waals surface area contributed by atoms with Crippen LogP contribution in [0.5, 0.6) is 0 Å². The Kier molecular flexibility index (Phi) is 4.25. The van der Waals surface area contributed by atoms with Crippen molar-refractivity contribution in [2.24, 2.45) is 0 Å². The molecule has 8 heteroatoms. The second-order valence-corrected chi connectivity index (χ2v) is 5.32. The zero-order valence-electron chi connectivity index (χ0n) is 13.1. The van der Waals surface area contributed by atoms with E-state index in [9.17, 15) is 18.8 Å². The summed E-state index contributed by atoms with van der Waals surface area (Å²) in [6, 6.07) is 10.4. The van der Waals surface area contributed by atoms with E-state index in [-0.39, 0.29) is 11.3 Å². The Balaban J connectivity index is 1.79. The number of nitrogens with one attached hydrogen (secondary N) is 3. The van der Waals surface area contributed by atoms with Crippen LogP contribution in [0.1, 0.15) is 26.4 Å². The van der Waals surface area contributed by atoms with E-state index < -0.39 is 23.2 Å². The molecule has 0 saturated carbocycles. The smallest absolute Gasteiger partial charge is 0.267 e. The van der Waals surface area contributed by atoms with Crippen molar-refractivity contribution >= 4 is 22.6 Å². The predicted molar refractivity (Wildman–Crippen MR) is 88.4 cm³/mol. The number of halogens is 1. The number of amides is 2. The monoisotopic (exact) mass is 340 g/mol. The van der Waals surface area contributed by atoms with Crippen LogP contribution in [-0.4, -0.2) is 22.0 Å². The topological polar surface area (TPSA) is 104 Å². The first-order chi connectivity index (χ1) is 12.0. The summed E-state index contributed by atoms with van der Waals surface area (Å²) in [7, 11) is 0. The van der Waals surface area contributed by atoms with E-state index in [0.717, 1.165) is 6.07 Å². The Hall–Kier alpha value is -3.55. The molecule has 0 fully saturated rings. The van der Waals surface area contributed by atoms with Gasteiger partial charge in [-0.15, -0.1) is 0 Å². The summed E-state index contributed by atoms with van der Waals surface area (Å²) in [6.07, 6.45) is 0. The first-order valence-corrected chi connectivity index (χ1v) is 7.31. The van der Waals surface area contributed by atoms with Gasteiger partial charge in [-0.3, -0.25) is 25.2 Å². The van der Waals surface area contributed by atoms with Gasteiger partial charge in [-0.25, -0.2) is 9.49 Å². The molecule has 0 bridgehead atoms. The third kappa shape index (κ3) is 3.23. The largest absolute Gasteiger partial charge is 0.290 e. The number of aromatic nitrogens is 2. The van der Waals surface area contributed by atoms with Gasteiger partial charge < -0.3 is 0 Å². The summed E-state index contributed by atoms with van der Waals surface area (Å²) in [6.45, 7) is 1.58. The lowest BCUT2D eigenvalue weighted by molar-refractivity contribution is 0.0844. The van der Waals surface area contributed by atoms with Crippen molar-refractivity contribution in [2.45, 2.75) is 6.92 Å². The molecule has 7 nitrogen and oxygen atoms in total. The maximum absolute atomic E-state index is 13.5. The number of carbonyl (C=O) groups is 2. The number of nitrogens with zero attached hydrogens (tertiary/aromatic N) is 1. The van der Waals surface area contributed by atoms with Crippen LogP contribution >= 0.6 is 0 Å². The minimum atomic E-state index is -0.714. The van der Waals surface area contributed by atoms with Gasteiger partial charge in [0.05, 0.1) is 5.39 Å². The highest BCUT2D eigenvalue weighted by atomic mass is 19.1. The Morgan fingerprint density at radius 3 is 2.44 bits per heavy atom. The number of fused-ring (bicyclic) bond motifs is 1. The molecule has 0 saturated heterocycles. The van der Waals surface area contributed by atoms with Crippen LogP contribution in [0.3, 0.4) is 0 Å². The average molecular weight is 340 g/mol. The molecule has 0 spiro atoms. The fourth-order valence-electron chi connectivity index (χ4n) is 2.27. The van der Waals surface area contributed by atoms with E-state index in [0.29, 0.717) is 16.3 Å². The number of aryl methyl sites for hydroxylation is 1. The number of hydrazine groups is 1. The van der Waals surface area contributed by atoms with Crippen LogP contribution in [0.2, 0.25) is 0 Å². The van der Waals surface area contributed by atoms with Gasteiger partial charge in [-0.1, -0.05) is 24.3 Å². The lowest BCUT2D eigenvalue weighted by Crippen LogP contribution is -2.42. The molecule has 1 aromatic heterocycles. The van der Waals surface area contributed by atoms with E-state index in [2.05, 4.69) is 21.0 Å². The summed E-state index contributed by atoms with van der Waals surface area (Å²) in [5.41, 5.74) is 4.37. The normalized spacial score (nSPS) is 10.5. The summed E-state index contributed by atoms with van der Waals surface area (Å²) >= 11 is 0. The zero-order chi connectivity index (χ0) is 18.0. The summed E-state index contributed by atoms with van der Waals surface area (Å²) in [5.74, 6) is -1.92. The molecule has 0 atom stereocenters. The van der Waals surface area contributed by atoms with Crippen molar-refractivity contribution in [1.29, 1.82) is 0 Å². The summed E-state index contributed by atoms with van der Waals surface area (Å²) in [5, 5.41) is 6.60. The number of carbonyl (C=O) groups excluding carboxylic acids is 2. The molecule has 3 aromatic rings. The van der Waals surface area contributed by atoms with Gasteiger partial charge in [0, 0.05) is 10.9 Å². The zero-order valence-corrected chi connectivity index (χ0v) is 13.1. The highest BCUT2D eigenvalue weighted by Crippen LogP contribution is 2.12. The highest BCUT2D eigenvalue weighted by molar-refractivity contribution is 6.05. The van der Waals surface area contributed by atoms with Crippen molar-refractivity contribution in [1.82, 2.24) is 21.0 Å². The molecule has 3 rings (SSSR count). The fraction of sp³-hybridized carbons (Fsp3) is 0.0588. The molecule has 25 heavy (non-hydrogen) atoms. The molecule has 0 radical (unpaired) electrons. The van der Waals surface area contributed by atoms with Crippen LogP contribution < -0.4 is 16.4 Å². The van der Waals surface area contributed by atoms with E-state index in [1.165, 1.54) is 12.1 Å². The molecule has 0 aliphatic heterocycles. The Labute approximate surface area is 140 Å². The van der Waals surface area contributed by atoms with Gasteiger partial charge >= 0.3 is 0 Å². The SMILES string of the molecule is Cc1ccc(C(=O)NNC(=O)c2n[nH]c(=O)c3ccccc23)cc1F. The lowest BCUT2D eigenvalue weighted by Gasteiger charge is -2.09. The van der Waals surface area contributed by atoms with Crippen molar-refractivity contribution < 1.29 is 14.0 Å². The molecule has 0 aliphatic rings. The van der Waals surface area contributed by atoms with Crippen molar-refractivity contribution in [3.05, 3.63) is 75.5 Å². The second kappa shape index (κ2) is 6.52. The molecule has 0 unspecified atom stereocenters. The highest BCUT2D eigenvalue weighted by Gasteiger charge is 2.15. The maximum Gasteiger partial charge on any atom is 0.290 e. The molecular weight excluding hydrogens is 327 g/mol.